The van der Waals surface area contributed by atoms with E-state index in [4.69, 9.17) is 0 Å². The first-order chi connectivity index (χ1) is 11.1. The van der Waals surface area contributed by atoms with Crippen LogP contribution in [0.4, 0.5) is 45.2 Å². The monoisotopic (exact) mass is 381 g/mol. The van der Waals surface area contributed by atoms with Gasteiger partial charge in [-0.2, -0.15) is 39.5 Å². The van der Waals surface area contributed by atoms with Crippen molar-refractivity contribution in [2.45, 2.75) is 25.5 Å². The number of Topliss-reactive ketones (excluding diaryl/α,β-unsaturated/α-hetero) is 1. The van der Waals surface area contributed by atoms with Gasteiger partial charge in [0, 0.05) is 11.3 Å². The van der Waals surface area contributed by atoms with Gasteiger partial charge in [-0.1, -0.05) is 0 Å². The fraction of sp³-hybridized carbons (Fsp3) is 0.385. The highest BCUT2D eigenvalue weighted by atomic mass is 19.4. The molecule has 1 amide bonds. The number of hydrogen-bond donors (Lipinski definition) is 1. The Bertz CT molecular complexity index is 620. The van der Waals surface area contributed by atoms with Crippen molar-refractivity contribution in [3.63, 3.8) is 0 Å². The summed E-state index contributed by atoms with van der Waals surface area (Å²) >= 11 is 0. The summed E-state index contributed by atoms with van der Waals surface area (Å²) in [6.45, 7) is 1.09. The fourth-order valence-electron chi connectivity index (χ4n) is 1.88. The van der Waals surface area contributed by atoms with E-state index >= 15 is 0 Å². The molecule has 0 heterocycles. The van der Waals surface area contributed by atoms with E-state index in [0.29, 0.717) is 12.1 Å². The number of amides is 1. The number of carbonyl (C=O) groups excluding carboxylic acids is 2. The highest BCUT2D eigenvalue weighted by Gasteiger charge is 2.88. The molecule has 0 atom stereocenters. The van der Waals surface area contributed by atoms with Crippen molar-refractivity contribution in [2.24, 2.45) is 5.41 Å². The summed E-state index contributed by atoms with van der Waals surface area (Å²) in [4.78, 5) is 22.5. The van der Waals surface area contributed by atoms with Gasteiger partial charge in [0.1, 0.15) is 0 Å². The molecule has 1 N–H and O–H groups in total. The smallest absolute Gasteiger partial charge is 0.325 e. The second-order valence-electron chi connectivity index (χ2n) is 4.83. The maximum Gasteiger partial charge on any atom is 0.421 e. The van der Waals surface area contributed by atoms with Crippen LogP contribution in [0.25, 0.3) is 0 Å². The van der Waals surface area contributed by atoms with E-state index in [9.17, 15) is 49.1 Å². The van der Waals surface area contributed by atoms with Crippen molar-refractivity contribution in [3.05, 3.63) is 29.8 Å². The third-order valence-corrected chi connectivity index (χ3v) is 3.17. The van der Waals surface area contributed by atoms with Gasteiger partial charge in [0.15, 0.2) is 5.78 Å². The van der Waals surface area contributed by atoms with Crippen LogP contribution < -0.4 is 5.32 Å². The molecule has 1 rings (SSSR count). The Morgan fingerprint density at radius 1 is 0.760 bits per heavy atom. The summed E-state index contributed by atoms with van der Waals surface area (Å²) in [5.74, 6) is -3.87. The molecule has 0 aliphatic carbocycles. The summed E-state index contributed by atoms with van der Waals surface area (Å²) < 4.78 is 115. The molecule has 0 saturated carbocycles. The third kappa shape index (κ3) is 3.56. The van der Waals surface area contributed by atoms with Crippen molar-refractivity contribution in [1.82, 2.24) is 0 Å². The van der Waals surface area contributed by atoms with Gasteiger partial charge in [0.2, 0.25) is 0 Å². The lowest BCUT2D eigenvalue weighted by molar-refractivity contribution is -0.405. The average molecular weight is 381 g/mol. The van der Waals surface area contributed by atoms with E-state index in [0.717, 1.165) is 24.4 Å². The van der Waals surface area contributed by atoms with Crippen LogP contribution in [0.2, 0.25) is 0 Å². The van der Waals surface area contributed by atoms with E-state index in [1.165, 1.54) is 0 Å². The lowest BCUT2D eigenvalue weighted by Crippen LogP contribution is -2.65. The first-order valence-electron chi connectivity index (χ1n) is 6.18. The van der Waals surface area contributed by atoms with Crippen molar-refractivity contribution in [2.75, 3.05) is 5.32 Å². The molecule has 0 radical (unpaired) electrons. The zero-order valence-electron chi connectivity index (χ0n) is 12.0. The van der Waals surface area contributed by atoms with Crippen molar-refractivity contribution in [3.8, 4) is 0 Å². The van der Waals surface area contributed by atoms with E-state index in [2.05, 4.69) is 0 Å². The molecular formula is C13H8F9NO2. The van der Waals surface area contributed by atoms with Gasteiger partial charge in [-0.3, -0.25) is 9.59 Å². The highest BCUT2D eigenvalue weighted by Crippen LogP contribution is 2.59. The van der Waals surface area contributed by atoms with Gasteiger partial charge in [-0.25, -0.2) is 0 Å². The molecular weight excluding hydrogens is 373 g/mol. The second kappa shape index (κ2) is 6.23. The van der Waals surface area contributed by atoms with Crippen LogP contribution in [-0.2, 0) is 4.79 Å². The summed E-state index contributed by atoms with van der Waals surface area (Å²) in [6, 6.07) is 3.22. The first kappa shape index (κ1) is 20.8. The van der Waals surface area contributed by atoms with Crippen LogP contribution >= 0.6 is 0 Å². The normalized spacial score (nSPS) is 13.5. The Morgan fingerprint density at radius 2 is 1.12 bits per heavy atom. The number of anilines is 1. The molecule has 0 saturated heterocycles. The van der Waals surface area contributed by atoms with Gasteiger partial charge in [-0.05, 0) is 31.2 Å². The number of nitrogens with one attached hydrogen (secondary N) is 1. The van der Waals surface area contributed by atoms with Crippen LogP contribution in [0, 0.1) is 5.41 Å². The molecule has 0 fully saturated rings. The standard InChI is InChI=1S/C13H8F9NO2/c1-6(24)7-2-4-8(5-3-7)23-9(25)10(11(14,15)16,12(17,18)19)13(20,21)22/h2-5H,1H3,(H,23,25). The Labute approximate surface area is 133 Å². The molecule has 0 bridgehead atoms. The minimum Gasteiger partial charge on any atom is -0.325 e. The van der Waals surface area contributed by atoms with Crippen LogP contribution in [0.3, 0.4) is 0 Å². The topological polar surface area (TPSA) is 46.2 Å². The zero-order chi connectivity index (χ0) is 19.8. The lowest BCUT2D eigenvalue weighted by atomic mass is 9.84. The van der Waals surface area contributed by atoms with Gasteiger partial charge < -0.3 is 5.32 Å². The van der Waals surface area contributed by atoms with Gasteiger partial charge in [0.05, 0.1) is 0 Å². The van der Waals surface area contributed by atoms with E-state index in [1.54, 1.807) is 0 Å². The fourth-order valence-corrected chi connectivity index (χ4v) is 1.88. The second-order valence-corrected chi connectivity index (χ2v) is 4.83. The van der Waals surface area contributed by atoms with E-state index in [1.807, 2.05) is 0 Å². The summed E-state index contributed by atoms with van der Waals surface area (Å²) in [5, 5.41) is 0.958. The number of carbonyl (C=O) groups is 2. The Hall–Kier alpha value is -2.27. The molecule has 0 aliphatic heterocycles. The maximum atomic E-state index is 12.7. The SMILES string of the molecule is CC(=O)c1ccc(NC(=O)C(C(F)(F)F)(C(F)(F)F)C(F)(F)F)cc1. The van der Waals surface area contributed by atoms with Crippen molar-refractivity contribution >= 4 is 17.4 Å². The molecule has 0 spiro atoms. The molecule has 1 aromatic rings. The molecule has 140 valence electrons. The van der Waals surface area contributed by atoms with Gasteiger partial charge in [-0.15, -0.1) is 0 Å². The first-order valence-corrected chi connectivity index (χ1v) is 6.18. The minimum absolute atomic E-state index is 0.0215. The van der Waals surface area contributed by atoms with Crippen LogP contribution in [0.1, 0.15) is 17.3 Å². The molecule has 0 unspecified atom stereocenters. The number of alkyl halides is 9. The number of halogens is 9. The maximum absolute atomic E-state index is 12.7. The highest BCUT2D eigenvalue weighted by molar-refractivity contribution is 5.98. The predicted molar refractivity (Wildman–Crippen MR) is 65.7 cm³/mol. The van der Waals surface area contributed by atoms with E-state index in [-0.39, 0.29) is 5.56 Å². The molecule has 3 nitrogen and oxygen atoms in total. The molecule has 1 aromatic carbocycles. The molecule has 0 aromatic heterocycles. The minimum atomic E-state index is -6.99. The molecule has 25 heavy (non-hydrogen) atoms. The number of benzene rings is 1. The van der Waals surface area contributed by atoms with Crippen molar-refractivity contribution < 1.29 is 49.1 Å². The van der Waals surface area contributed by atoms with E-state index < -0.39 is 41.3 Å². The number of hydrogen-bond acceptors (Lipinski definition) is 2. The molecule has 12 heteroatoms. The largest absolute Gasteiger partial charge is 0.421 e. The van der Waals surface area contributed by atoms with Crippen LogP contribution in [0.5, 0.6) is 0 Å². The number of rotatable bonds is 3. The summed E-state index contributed by atoms with van der Waals surface area (Å²) in [6.07, 6.45) is -21.0. The predicted octanol–water partition coefficient (Wildman–Crippen LogP) is 4.50. The third-order valence-electron chi connectivity index (χ3n) is 3.17. The van der Waals surface area contributed by atoms with Gasteiger partial charge >= 0.3 is 23.9 Å². The lowest BCUT2D eigenvalue weighted by Gasteiger charge is -2.36. The van der Waals surface area contributed by atoms with Crippen LogP contribution in [-0.4, -0.2) is 30.2 Å². The summed E-state index contributed by atoms with van der Waals surface area (Å²) in [7, 11) is 0. The Morgan fingerprint density at radius 3 is 1.40 bits per heavy atom. The van der Waals surface area contributed by atoms with Crippen LogP contribution in [0.15, 0.2) is 24.3 Å². The Kier molecular flexibility index (Phi) is 5.17. The summed E-state index contributed by atoms with van der Waals surface area (Å²) in [5.41, 5.74) is -7.41. The van der Waals surface area contributed by atoms with Crippen molar-refractivity contribution in [1.29, 1.82) is 0 Å². The zero-order valence-corrected chi connectivity index (χ0v) is 12.0. The Balaban J connectivity index is 3.41. The van der Waals surface area contributed by atoms with Gasteiger partial charge in [0.25, 0.3) is 5.91 Å². The molecule has 0 aliphatic rings. The average Bonchev–Trinajstić information content (AvgIpc) is 2.33. The quantitative estimate of drug-likeness (QED) is 0.619. The number of ketones is 1.